The Bertz CT molecular complexity index is 1020. The van der Waals surface area contributed by atoms with Crippen LogP contribution < -0.4 is 15.0 Å². The van der Waals surface area contributed by atoms with Gasteiger partial charge in [0.25, 0.3) is 5.56 Å². The highest BCUT2D eigenvalue weighted by Crippen LogP contribution is 2.27. The zero-order valence-electron chi connectivity index (χ0n) is 13.8. The molecule has 0 bridgehead atoms. The predicted molar refractivity (Wildman–Crippen MR) is 94.7 cm³/mol. The number of pyridine rings is 1. The number of aryl methyl sites for hydroxylation is 1. The number of fused-ring (bicyclic) bond motifs is 1. The van der Waals surface area contributed by atoms with Crippen LogP contribution in [0.5, 0.6) is 11.5 Å². The van der Waals surface area contributed by atoms with Crippen molar-refractivity contribution in [2.45, 2.75) is 0 Å². The maximum absolute atomic E-state index is 12.2. The molecule has 0 saturated heterocycles. The third-order valence-corrected chi connectivity index (χ3v) is 3.82. The van der Waals surface area contributed by atoms with Crippen molar-refractivity contribution in [1.82, 2.24) is 4.57 Å². The molecule has 0 fully saturated rings. The molecule has 2 aromatic carbocycles. The lowest BCUT2D eigenvalue weighted by Crippen LogP contribution is -2.16. The molecule has 0 spiro atoms. The Morgan fingerprint density at radius 1 is 0.917 bits per heavy atom. The SMILES string of the molecule is COc1ccc(C#Cc2cn(C)c(=O)c3ccccc23)cc1OC. The van der Waals surface area contributed by atoms with Crippen molar-refractivity contribution < 1.29 is 9.47 Å². The van der Waals surface area contributed by atoms with Crippen molar-refractivity contribution in [3.63, 3.8) is 0 Å². The van der Waals surface area contributed by atoms with Gasteiger partial charge in [0, 0.05) is 35.1 Å². The minimum atomic E-state index is -0.0257. The first-order valence-corrected chi connectivity index (χ1v) is 7.46. The fourth-order valence-electron chi connectivity index (χ4n) is 2.57. The maximum atomic E-state index is 12.2. The third-order valence-electron chi connectivity index (χ3n) is 3.82. The van der Waals surface area contributed by atoms with Crippen molar-refractivity contribution >= 4 is 10.8 Å². The highest BCUT2D eigenvalue weighted by atomic mass is 16.5. The molecule has 0 aliphatic carbocycles. The molecule has 4 heteroatoms. The van der Waals surface area contributed by atoms with E-state index in [1.807, 2.05) is 42.5 Å². The van der Waals surface area contributed by atoms with Gasteiger partial charge in [0.05, 0.1) is 14.2 Å². The Kier molecular flexibility index (Phi) is 4.26. The second-order valence-corrected chi connectivity index (χ2v) is 5.32. The quantitative estimate of drug-likeness (QED) is 0.682. The molecule has 3 rings (SSSR count). The van der Waals surface area contributed by atoms with Gasteiger partial charge in [-0.05, 0) is 24.3 Å². The van der Waals surface area contributed by atoms with Crippen LogP contribution in [-0.2, 0) is 7.05 Å². The van der Waals surface area contributed by atoms with Crippen LogP contribution in [0.3, 0.4) is 0 Å². The largest absolute Gasteiger partial charge is 0.493 e. The molecule has 1 heterocycles. The molecular formula is C20H17NO3. The van der Waals surface area contributed by atoms with Crippen LogP contribution in [-0.4, -0.2) is 18.8 Å². The molecule has 0 unspecified atom stereocenters. The normalized spacial score (nSPS) is 10.1. The molecule has 0 radical (unpaired) electrons. The molecule has 4 nitrogen and oxygen atoms in total. The highest BCUT2D eigenvalue weighted by Gasteiger charge is 2.05. The van der Waals surface area contributed by atoms with E-state index in [0.717, 1.165) is 16.5 Å². The van der Waals surface area contributed by atoms with E-state index in [1.54, 1.807) is 32.0 Å². The van der Waals surface area contributed by atoms with Crippen molar-refractivity contribution in [3.8, 4) is 23.3 Å². The van der Waals surface area contributed by atoms with Gasteiger partial charge < -0.3 is 14.0 Å². The number of benzene rings is 2. The summed E-state index contributed by atoms with van der Waals surface area (Å²) in [4.78, 5) is 12.2. The second kappa shape index (κ2) is 6.51. The molecule has 0 amide bonds. The number of nitrogens with zero attached hydrogens (tertiary/aromatic N) is 1. The first kappa shape index (κ1) is 15.7. The van der Waals surface area contributed by atoms with E-state index < -0.39 is 0 Å². The van der Waals surface area contributed by atoms with E-state index >= 15 is 0 Å². The molecule has 0 N–H and O–H groups in total. The van der Waals surface area contributed by atoms with Gasteiger partial charge in [0.1, 0.15) is 0 Å². The van der Waals surface area contributed by atoms with Gasteiger partial charge in [0.15, 0.2) is 11.5 Å². The third kappa shape index (κ3) is 2.84. The summed E-state index contributed by atoms with van der Waals surface area (Å²) < 4.78 is 12.1. The van der Waals surface area contributed by atoms with Gasteiger partial charge >= 0.3 is 0 Å². The smallest absolute Gasteiger partial charge is 0.258 e. The second-order valence-electron chi connectivity index (χ2n) is 5.32. The lowest BCUT2D eigenvalue weighted by molar-refractivity contribution is 0.355. The van der Waals surface area contributed by atoms with Crippen molar-refractivity contribution in [2.24, 2.45) is 7.05 Å². The lowest BCUT2D eigenvalue weighted by atomic mass is 10.1. The first-order chi connectivity index (χ1) is 11.6. The zero-order valence-corrected chi connectivity index (χ0v) is 13.8. The van der Waals surface area contributed by atoms with Gasteiger partial charge in [0.2, 0.25) is 0 Å². The van der Waals surface area contributed by atoms with Gasteiger partial charge in [-0.25, -0.2) is 0 Å². The summed E-state index contributed by atoms with van der Waals surface area (Å²) in [5.41, 5.74) is 1.59. The van der Waals surface area contributed by atoms with Crippen LogP contribution in [0.4, 0.5) is 0 Å². The molecule has 24 heavy (non-hydrogen) atoms. The Balaban J connectivity index is 2.11. The van der Waals surface area contributed by atoms with Crippen LogP contribution in [0.15, 0.2) is 53.5 Å². The molecule has 0 atom stereocenters. The van der Waals surface area contributed by atoms with Crippen LogP contribution in [0, 0.1) is 11.8 Å². The molecule has 0 aliphatic heterocycles. The number of methoxy groups -OCH3 is 2. The molecule has 0 saturated carbocycles. The van der Waals surface area contributed by atoms with Crippen molar-refractivity contribution in [2.75, 3.05) is 14.2 Å². The number of hydrogen-bond donors (Lipinski definition) is 0. The fraction of sp³-hybridized carbons (Fsp3) is 0.150. The van der Waals surface area contributed by atoms with Crippen molar-refractivity contribution in [3.05, 3.63) is 70.1 Å². The Morgan fingerprint density at radius 3 is 2.33 bits per heavy atom. The van der Waals surface area contributed by atoms with Crippen LogP contribution in [0.1, 0.15) is 11.1 Å². The standard InChI is InChI=1S/C20H17NO3/c1-21-13-15(16-6-4-5-7-17(16)20(21)22)10-8-14-9-11-18(23-2)19(12-14)24-3/h4-7,9,11-13H,1-3H3. The van der Waals surface area contributed by atoms with E-state index in [1.165, 1.54) is 0 Å². The zero-order chi connectivity index (χ0) is 17.1. The summed E-state index contributed by atoms with van der Waals surface area (Å²) >= 11 is 0. The molecule has 1 aromatic heterocycles. The fourth-order valence-corrected chi connectivity index (χ4v) is 2.57. The van der Waals surface area contributed by atoms with E-state index in [0.29, 0.717) is 16.9 Å². The van der Waals surface area contributed by atoms with Crippen molar-refractivity contribution in [1.29, 1.82) is 0 Å². The summed E-state index contributed by atoms with van der Waals surface area (Å²) in [6.07, 6.45) is 1.76. The monoisotopic (exact) mass is 319 g/mol. The Morgan fingerprint density at radius 2 is 1.62 bits per heavy atom. The van der Waals surface area contributed by atoms with E-state index in [4.69, 9.17) is 9.47 Å². The van der Waals surface area contributed by atoms with Crippen LogP contribution >= 0.6 is 0 Å². The lowest BCUT2D eigenvalue weighted by Gasteiger charge is -2.07. The molecule has 0 aliphatic rings. The minimum Gasteiger partial charge on any atom is -0.493 e. The van der Waals surface area contributed by atoms with E-state index in [-0.39, 0.29) is 5.56 Å². The highest BCUT2D eigenvalue weighted by molar-refractivity contribution is 5.87. The van der Waals surface area contributed by atoms with Gasteiger partial charge in [-0.3, -0.25) is 4.79 Å². The van der Waals surface area contributed by atoms with E-state index in [2.05, 4.69) is 11.8 Å². The number of rotatable bonds is 2. The average molecular weight is 319 g/mol. The molecule has 3 aromatic rings. The van der Waals surface area contributed by atoms with Crippen LogP contribution in [0.2, 0.25) is 0 Å². The summed E-state index contributed by atoms with van der Waals surface area (Å²) in [5.74, 6) is 7.58. The number of aromatic nitrogens is 1. The first-order valence-electron chi connectivity index (χ1n) is 7.46. The number of hydrogen-bond acceptors (Lipinski definition) is 3. The predicted octanol–water partition coefficient (Wildman–Crippen LogP) is 2.96. The summed E-state index contributed by atoms with van der Waals surface area (Å²) in [7, 11) is 4.92. The minimum absolute atomic E-state index is 0.0257. The van der Waals surface area contributed by atoms with Crippen LogP contribution in [0.25, 0.3) is 10.8 Å². The number of ether oxygens (including phenoxy) is 2. The van der Waals surface area contributed by atoms with Gasteiger partial charge in [-0.15, -0.1) is 0 Å². The maximum Gasteiger partial charge on any atom is 0.258 e. The van der Waals surface area contributed by atoms with E-state index in [9.17, 15) is 4.79 Å². The summed E-state index contributed by atoms with van der Waals surface area (Å²) in [6, 6.07) is 13.0. The Hall–Kier alpha value is -3.19. The Labute approximate surface area is 140 Å². The van der Waals surface area contributed by atoms with Gasteiger partial charge in [-0.1, -0.05) is 30.0 Å². The molecular weight excluding hydrogens is 302 g/mol. The summed E-state index contributed by atoms with van der Waals surface area (Å²) in [6.45, 7) is 0. The summed E-state index contributed by atoms with van der Waals surface area (Å²) in [5, 5.41) is 1.52. The average Bonchev–Trinajstić information content (AvgIpc) is 2.63. The topological polar surface area (TPSA) is 40.5 Å². The molecule has 120 valence electrons. The van der Waals surface area contributed by atoms with Gasteiger partial charge in [-0.2, -0.15) is 0 Å².